The third kappa shape index (κ3) is 4.80. The van der Waals surface area contributed by atoms with E-state index in [4.69, 9.17) is 9.47 Å². The van der Waals surface area contributed by atoms with Gasteiger partial charge in [-0.05, 0) is 63.5 Å². The van der Waals surface area contributed by atoms with Crippen LogP contribution in [0.3, 0.4) is 0 Å². The molecule has 1 saturated heterocycles. The monoisotopic (exact) mass is 368 g/mol. The second-order valence-electron chi connectivity index (χ2n) is 6.80. The van der Waals surface area contributed by atoms with Gasteiger partial charge in [0, 0.05) is 13.1 Å². The first-order valence-corrected chi connectivity index (χ1v) is 9.65. The fourth-order valence-electron chi connectivity index (χ4n) is 3.54. The van der Waals surface area contributed by atoms with E-state index in [0.29, 0.717) is 35.3 Å². The quantitative estimate of drug-likeness (QED) is 0.804. The fourth-order valence-corrected chi connectivity index (χ4v) is 3.54. The number of nitrogens with one attached hydrogen (secondary N) is 1. The number of para-hydroxylation sites is 3. The number of ether oxygens (including phenoxy) is 2. The van der Waals surface area contributed by atoms with Crippen LogP contribution in [0.2, 0.25) is 0 Å². The predicted molar refractivity (Wildman–Crippen MR) is 107 cm³/mol. The Kier molecular flexibility index (Phi) is 6.71. The fraction of sp³-hybridized carbons (Fsp3) is 0.409. The summed E-state index contributed by atoms with van der Waals surface area (Å²) in [4.78, 5) is 15.1. The molecule has 2 aromatic rings. The molecular weight excluding hydrogens is 340 g/mol. The summed E-state index contributed by atoms with van der Waals surface area (Å²) in [6.45, 7) is 5.00. The topological polar surface area (TPSA) is 50.8 Å². The lowest BCUT2D eigenvalue weighted by molar-refractivity contribution is 0.0671. The van der Waals surface area contributed by atoms with Crippen LogP contribution in [-0.4, -0.2) is 44.1 Å². The van der Waals surface area contributed by atoms with E-state index in [-0.39, 0.29) is 5.91 Å². The highest BCUT2D eigenvalue weighted by Gasteiger charge is 2.26. The van der Waals surface area contributed by atoms with Crippen molar-refractivity contribution in [1.29, 1.82) is 0 Å². The lowest BCUT2D eigenvalue weighted by atomic mass is 9.97. The number of piperidine rings is 1. The number of rotatable bonds is 7. The van der Waals surface area contributed by atoms with E-state index < -0.39 is 0 Å². The van der Waals surface area contributed by atoms with Gasteiger partial charge in [-0.2, -0.15) is 0 Å². The van der Waals surface area contributed by atoms with Gasteiger partial charge in [-0.15, -0.1) is 0 Å². The number of benzene rings is 2. The van der Waals surface area contributed by atoms with Gasteiger partial charge < -0.3 is 19.7 Å². The van der Waals surface area contributed by atoms with Crippen molar-refractivity contribution in [2.75, 3.05) is 33.3 Å². The van der Waals surface area contributed by atoms with E-state index in [1.807, 2.05) is 67.4 Å². The van der Waals surface area contributed by atoms with Crippen molar-refractivity contribution in [1.82, 2.24) is 10.2 Å². The molecule has 1 N–H and O–H groups in total. The molecule has 1 aliphatic heterocycles. The van der Waals surface area contributed by atoms with E-state index >= 15 is 0 Å². The molecule has 1 fully saturated rings. The molecule has 0 radical (unpaired) electrons. The molecule has 1 heterocycles. The van der Waals surface area contributed by atoms with Crippen LogP contribution in [-0.2, 0) is 0 Å². The molecule has 2 aromatic carbocycles. The first-order valence-electron chi connectivity index (χ1n) is 9.65. The van der Waals surface area contributed by atoms with Gasteiger partial charge in [0.05, 0.1) is 12.2 Å². The maximum Gasteiger partial charge on any atom is 0.257 e. The van der Waals surface area contributed by atoms with Gasteiger partial charge in [0.15, 0.2) is 11.5 Å². The van der Waals surface area contributed by atoms with Crippen LogP contribution in [0, 0.1) is 5.92 Å². The van der Waals surface area contributed by atoms with Crippen molar-refractivity contribution < 1.29 is 14.3 Å². The zero-order valence-corrected chi connectivity index (χ0v) is 16.1. The minimum Gasteiger partial charge on any atom is -0.490 e. The summed E-state index contributed by atoms with van der Waals surface area (Å²) >= 11 is 0. The van der Waals surface area contributed by atoms with Crippen molar-refractivity contribution in [3.63, 3.8) is 0 Å². The minimum atomic E-state index is 0.0281. The van der Waals surface area contributed by atoms with Crippen LogP contribution >= 0.6 is 0 Å². The Bertz CT molecular complexity index is 761. The third-order valence-electron chi connectivity index (χ3n) is 4.79. The molecule has 0 aliphatic carbocycles. The Morgan fingerprint density at radius 3 is 2.56 bits per heavy atom. The molecule has 0 bridgehead atoms. The molecule has 0 aromatic heterocycles. The van der Waals surface area contributed by atoms with Crippen LogP contribution in [0.5, 0.6) is 17.2 Å². The molecular formula is C22H28N2O3. The number of carbonyl (C=O) groups excluding carboxylic acids is 1. The van der Waals surface area contributed by atoms with Gasteiger partial charge in [-0.3, -0.25) is 4.79 Å². The van der Waals surface area contributed by atoms with Crippen LogP contribution in [0.15, 0.2) is 48.5 Å². The second kappa shape index (κ2) is 9.42. The zero-order chi connectivity index (χ0) is 19.1. The number of nitrogens with zero attached hydrogens (tertiary/aromatic N) is 1. The standard InChI is InChI=1S/C22H28N2O3/c1-3-26-20-12-6-7-13-21(20)27-19-11-5-4-10-18(19)22(25)24-14-8-9-17(16-24)15-23-2/h4-7,10-13,17,23H,3,8-9,14-16H2,1-2H3/t17-/m1/s1. The van der Waals surface area contributed by atoms with Gasteiger partial charge in [-0.1, -0.05) is 24.3 Å². The van der Waals surface area contributed by atoms with Gasteiger partial charge >= 0.3 is 0 Å². The summed E-state index contributed by atoms with van der Waals surface area (Å²) in [6.07, 6.45) is 2.19. The molecule has 5 nitrogen and oxygen atoms in total. The Hall–Kier alpha value is -2.53. The lowest BCUT2D eigenvalue weighted by Crippen LogP contribution is -2.42. The molecule has 27 heavy (non-hydrogen) atoms. The van der Waals surface area contributed by atoms with Gasteiger partial charge in [0.1, 0.15) is 5.75 Å². The average Bonchev–Trinajstić information content (AvgIpc) is 2.70. The maximum absolute atomic E-state index is 13.2. The molecule has 0 spiro atoms. The van der Waals surface area contributed by atoms with E-state index in [9.17, 15) is 4.79 Å². The molecule has 3 rings (SSSR count). The number of likely N-dealkylation sites (tertiary alicyclic amines) is 1. The molecule has 1 aliphatic rings. The van der Waals surface area contributed by atoms with Crippen molar-refractivity contribution in [3.8, 4) is 17.2 Å². The zero-order valence-electron chi connectivity index (χ0n) is 16.1. The molecule has 0 saturated carbocycles. The van der Waals surface area contributed by atoms with E-state index in [1.54, 1.807) is 0 Å². The largest absolute Gasteiger partial charge is 0.490 e. The molecule has 144 valence electrons. The van der Waals surface area contributed by atoms with Crippen molar-refractivity contribution >= 4 is 5.91 Å². The molecule has 1 atom stereocenters. The van der Waals surface area contributed by atoms with E-state index in [1.165, 1.54) is 0 Å². The molecule has 0 unspecified atom stereocenters. The Balaban J connectivity index is 1.81. The number of hydrogen-bond acceptors (Lipinski definition) is 4. The summed E-state index contributed by atoms with van der Waals surface area (Å²) < 4.78 is 11.7. The van der Waals surface area contributed by atoms with Crippen molar-refractivity contribution in [2.24, 2.45) is 5.92 Å². The maximum atomic E-state index is 13.2. The number of amides is 1. The highest BCUT2D eigenvalue weighted by atomic mass is 16.5. The van der Waals surface area contributed by atoms with Crippen LogP contribution in [0.4, 0.5) is 0 Å². The van der Waals surface area contributed by atoms with Gasteiger partial charge in [0.2, 0.25) is 0 Å². The summed E-state index contributed by atoms with van der Waals surface area (Å²) in [6, 6.07) is 15.0. The summed E-state index contributed by atoms with van der Waals surface area (Å²) in [5.74, 6) is 2.38. The van der Waals surface area contributed by atoms with Crippen LogP contribution < -0.4 is 14.8 Å². The summed E-state index contributed by atoms with van der Waals surface area (Å²) in [7, 11) is 1.96. The molecule has 1 amide bonds. The molecule has 5 heteroatoms. The summed E-state index contributed by atoms with van der Waals surface area (Å²) in [5.41, 5.74) is 0.592. The van der Waals surface area contributed by atoms with Crippen molar-refractivity contribution in [3.05, 3.63) is 54.1 Å². The van der Waals surface area contributed by atoms with E-state index in [0.717, 1.165) is 32.5 Å². The lowest BCUT2D eigenvalue weighted by Gasteiger charge is -2.33. The predicted octanol–water partition coefficient (Wildman–Crippen LogP) is 3.95. The van der Waals surface area contributed by atoms with E-state index in [2.05, 4.69) is 5.32 Å². The second-order valence-corrected chi connectivity index (χ2v) is 6.80. The minimum absolute atomic E-state index is 0.0281. The van der Waals surface area contributed by atoms with Gasteiger partial charge in [0.25, 0.3) is 5.91 Å². The highest BCUT2D eigenvalue weighted by molar-refractivity contribution is 5.97. The van der Waals surface area contributed by atoms with Crippen molar-refractivity contribution in [2.45, 2.75) is 19.8 Å². The van der Waals surface area contributed by atoms with Crippen LogP contribution in [0.1, 0.15) is 30.1 Å². The summed E-state index contributed by atoms with van der Waals surface area (Å²) in [5, 5.41) is 3.22. The normalized spacial score (nSPS) is 16.8. The smallest absolute Gasteiger partial charge is 0.257 e. The number of hydrogen-bond donors (Lipinski definition) is 1. The highest BCUT2D eigenvalue weighted by Crippen LogP contribution is 2.33. The first kappa shape index (κ1) is 19.2. The number of carbonyl (C=O) groups is 1. The Morgan fingerprint density at radius 2 is 1.81 bits per heavy atom. The van der Waals surface area contributed by atoms with Gasteiger partial charge in [-0.25, -0.2) is 0 Å². The van der Waals surface area contributed by atoms with Crippen LogP contribution in [0.25, 0.3) is 0 Å². The SMILES string of the molecule is CCOc1ccccc1Oc1ccccc1C(=O)N1CCC[C@H](CNC)C1. The average molecular weight is 368 g/mol. The Labute approximate surface area is 161 Å². The Morgan fingerprint density at radius 1 is 1.11 bits per heavy atom. The third-order valence-corrected chi connectivity index (χ3v) is 4.79. The first-order chi connectivity index (χ1) is 13.2.